The van der Waals surface area contributed by atoms with Crippen LogP contribution >= 0.6 is 0 Å². The van der Waals surface area contributed by atoms with Crippen molar-refractivity contribution < 1.29 is 4.79 Å². The molecular weight excluding hydrogens is 246 g/mol. The highest BCUT2D eigenvalue weighted by Crippen LogP contribution is 2.38. The third-order valence-electron chi connectivity index (χ3n) is 6.03. The monoisotopic (exact) mass is 277 g/mol. The van der Waals surface area contributed by atoms with Gasteiger partial charge < -0.3 is 0 Å². The number of carbonyl (C=O) groups excluding carboxylic acids is 1. The Morgan fingerprint density at radius 1 is 0.950 bits per heavy atom. The summed E-state index contributed by atoms with van der Waals surface area (Å²) in [4.78, 5) is 15.0. The summed E-state index contributed by atoms with van der Waals surface area (Å²) in [7, 11) is 0. The molecule has 0 aromatic heterocycles. The molecule has 0 radical (unpaired) electrons. The minimum Gasteiger partial charge on any atom is -0.299 e. The van der Waals surface area contributed by atoms with Gasteiger partial charge >= 0.3 is 0 Å². The summed E-state index contributed by atoms with van der Waals surface area (Å²) < 4.78 is 0. The van der Waals surface area contributed by atoms with Crippen LogP contribution in [0.25, 0.3) is 0 Å². The van der Waals surface area contributed by atoms with E-state index in [1.165, 1.54) is 45.1 Å². The predicted octanol–water partition coefficient (Wildman–Crippen LogP) is 4.03. The molecule has 0 aromatic rings. The van der Waals surface area contributed by atoms with Crippen molar-refractivity contribution in [2.45, 2.75) is 83.7 Å². The average molecular weight is 277 g/mol. The van der Waals surface area contributed by atoms with Gasteiger partial charge in [-0.2, -0.15) is 0 Å². The van der Waals surface area contributed by atoms with E-state index >= 15 is 0 Å². The first kappa shape index (κ1) is 14.6. The number of hydrogen-bond donors (Lipinski definition) is 0. The normalized spacial score (nSPS) is 43.9. The molecule has 1 aliphatic heterocycles. The lowest BCUT2D eigenvalue weighted by Gasteiger charge is -2.47. The van der Waals surface area contributed by atoms with Gasteiger partial charge in [0.05, 0.1) is 0 Å². The van der Waals surface area contributed by atoms with Crippen LogP contribution in [0, 0.1) is 17.8 Å². The molecule has 2 saturated carbocycles. The van der Waals surface area contributed by atoms with Gasteiger partial charge in [0.25, 0.3) is 0 Å². The predicted molar refractivity (Wildman–Crippen MR) is 82.7 cm³/mol. The van der Waals surface area contributed by atoms with Gasteiger partial charge in [-0.3, -0.25) is 9.69 Å². The molecule has 3 rings (SSSR count). The average Bonchev–Trinajstić information content (AvgIpc) is 2.84. The van der Waals surface area contributed by atoms with E-state index in [1.807, 2.05) is 0 Å². The summed E-state index contributed by atoms with van der Waals surface area (Å²) in [5.74, 6) is 2.68. The standard InChI is InChI=1S/C18H31NO/c1-13-10-14(2)12-15(11-13)19-9-4-3-7-17(19)16-6-5-8-18(16)20/h13-17H,3-12H2,1-2H3. The fourth-order valence-corrected chi connectivity index (χ4v) is 5.29. The minimum atomic E-state index is 0.378. The van der Waals surface area contributed by atoms with Crippen LogP contribution in [-0.4, -0.2) is 29.3 Å². The third-order valence-corrected chi connectivity index (χ3v) is 6.03. The number of rotatable bonds is 2. The Labute approximate surface area is 124 Å². The molecular formula is C18H31NO. The Kier molecular flexibility index (Phi) is 4.49. The SMILES string of the molecule is CC1CC(C)CC(N2CCCCC2C2CCCC2=O)C1. The van der Waals surface area contributed by atoms with Gasteiger partial charge in [-0.05, 0) is 63.3 Å². The van der Waals surface area contributed by atoms with Crippen molar-refractivity contribution in [3.05, 3.63) is 0 Å². The Hall–Kier alpha value is -0.370. The van der Waals surface area contributed by atoms with Gasteiger partial charge in [0.1, 0.15) is 5.78 Å². The molecule has 4 unspecified atom stereocenters. The highest BCUT2D eigenvalue weighted by molar-refractivity contribution is 5.83. The summed E-state index contributed by atoms with van der Waals surface area (Å²) >= 11 is 0. The molecule has 4 atom stereocenters. The minimum absolute atomic E-state index is 0.378. The van der Waals surface area contributed by atoms with E-state index in [4.69, 9.17) is 0 Å². The molecule has 0 spiro atoms. The molecule has 2 aliphatic carbocycles. The third kappa shape index (κ3) is 2.95. The van der Waals surface area contributed by atoms with Crippen LogP contribution in [0.2, 0.25) is 0 Å². The zero-order chi connectivity index (χ0) is 14.1. The fourth-order valence-electron chi connectivity index (χ4n) is 5.29. The van der Waals surface area contributed by atoms with Crippen molar-refractivity contribution in [1.82, 2.24) is 4.90 Å². The topological polar surface area (TPSA) is 20.3 Å². The second-order valence-corrected chi connectivity index (χ2v) is 7.84. The molecule has 0 bridgehead atoms. The maximum atomic E-state index is 12.2. The van der Waals surface area contributed by atoms with E-state index < -0.39 is 0 Å². The van der Waals surface area contributed by atoms with Crippen LogP contribution < -0.4 is 0 Å². The smallest absolute Gasteiger partial charge is 0.137 e. The van der Waals surface area contributed by atoms with Crippen molar-refractivity contribution >= 4 is 5.78 Å². The molecule has 0 amide bonds. The van der Waals surface area contributed by atoms with Crippen LogP contribution in [-0.2, 0) is 4.79 Å². The maximum absolute atomic E-state index is 12.2. The van der Waals surface area contributed by atoms with Gasteiger partial charge in [-0.1, -0.05) is 20.3 Å². The summed E-state index contributed by atoms with van der Waals surface area (Å²) in [6, 6.07) is 1.34. The largest absolute Gasteiger partial charge is 0.299 e. The molecule has 0 N–H and O–H groups in total. The summed E-state index contributed by atoms with van der Waals surface area (Å²) in [5.41, 5.74) is 0. The number of Topliss-reactive ketones (excluding diaryl/α,β-unsaturated/α-hetero) is 1. The quantitative estimate of drug-likeness (QED) is 0.759. The Morgan fingerprint density at radius 3 is 2.35 bits per heavy atom. The van der Waals surface area contributed by atoms with Crippen LogP contribution in [0.4, 0.5) is 0 Å². The van der Waals surface area contributed by atoms with Crippen molar-refractivity contribution in [2.24, 2.45) is 17.8 Å². The second-order valence-electron chi connectivity index (χ2n) is 7.84. The second kappa shape index (κ2) is 6.17. The lowest BCUT2D eigenvalue weighted by Crippen LogP contribution is -2.52. The fraction of sp³-hybridized carbons (Fsp3) is 0.944. The van der Waals surface area contributed by atoms with Crippen molar-refractivity contribution in [2.75, 3.05) is 6.54 Å². The molecule has 3 aliphatic rings. The van der Waals surface area contributed by atoms with Crippen molar-refractivity contribution in [3.63, 3.8) is 0 Å². The highest BCUT2D eigenvalue weighted by atomic mass is 16.1. The number of nitrogens with zero attached hydrogens (tertiary/aromatic N) is 1. The number of likely N-dealkylation sites (tertiary alicyclic amines) is 1. The number of piperidine rings is 1. The summed E-state index contributed by atoms with van der Waals surface area (Å²) in [6.45, 7) is 6.09. The molecule has 20 heavy (non-hydrogen) atoms. The van der Waals surface area contributed by atoms with E-state index in [0.717, 1.165) is 37.1 Å². The zero-order valence-electron chi connectivity index (χ0n) is 13.3. The van der Waals surface area contributed by atoms with E-state index in [0.29, 0.717) is 17.7 Å². The number of hydrogen-bond acceptors (Lipinski definition) is 2. The number of carbonyl (C=O) groups is 1. The van der Waals surface area contributed by atoms with Crippen LogP contribution in [0.15, 0.2) is 0 Å². The molecule has 1 heterocycles. The molecule has 2 nitrogen and oxygen atoms in total. The maximum Gasteiger partial charge on any atom is 0.137 e. The molecule has 3 fully saturated rings. The summed E-state index contributed by atoms with van der Waals surface area (Å²) in [5, 5.41) is 0. The Morgan fingerprint density at radius 2 is 1.70 bits per heavy atom. The van der Waals surface area contributed by atoms with E-state index in [1.54, 1.807) is 0 Å². The van der Waals surface area contributed by atoms with Crippen molar-refractivity contribution in [1.29, 1.82) is 0 Å². The zero-order valence-corrected chi connectivity index (χ0v) is 13.3. The van der Waals surface area contributed by atoms with Gasteiger partial charge in [0.15, 0.2) is 0 Å². The molecule has 0 aromatic carbocycles. The Bertz CT molecular complexity index is 343. The van der Waals surface area contributed by atoms with Crippen LogP contribution in [0.5, 0.6) is 0 Å². The van der Waals surface area contributed by atoms with Gasteiger partial charge in [0.2, 0.25) is 0 Å². The lowest BCUT2D eigenvalue weighted by atomic mass is 9.77. The van der Waals surface area contributed by atoms with Crippen LogP contribution in [0.1, 0.15) is 71.6 Å². The van der Waals surface area contributed by atoms with E-state index in [-0.39, 0.29) is 0 Å². The van der Waals surface area contributed by atoms with E-state index in [2.05, 4.69) is 18.7 Å². The first-order chi connectivity index (χ1) is 9.65. The molecule has 114 valence electrons. The van der Waals surface area contributed by atoms with Crippen molar-refractivity contribution in [3.8, 4) is 0 Å². The van der Waals surface area contributed by atoms with Gasteiger partial charge in [0, 0.05) is 24.4 Å². The van der Waals surface area contributed by atoms with Gasteiger partial charge in [-0.25, -0.2) is 0 Å². The molecule has 2 heteroatoms. The molecule has 1 saturated heterocycles. The van der Waals surface area contributed by atoms with E-state index in [9.17, 15) is 4.79 Å². The van der Waals surface area contributed by atoms with Crippen LogP contribution in [0.3, 0.4) is 0 Å². The van der Waals surface area contributed by atoms with Gasteiger partial charge in [-0.15, -0.1) is 0 Å². The number of ketones is 1. The first-order valence-electron chi connectivity index (χ1n) is 8.93. The first-order valence-corrected chi connectivity index (χ1v) is 8.93. The highest BCUT2D eigenvalue weighted by Gasteiger charge is 2.40. The Balaban J connectivity index is 1.73. The summed E-state index contributed by atoms with van der Waals surface area (Å²) in [6.07, 6.45) is 11.2. The lowest BCUT2D eigenvalue weighted by molar-refractivity contribution is -0.123.